The number of rotatable bonds is 3. The zero-order valence-corrected chi connectivity index (χ0v) is 12.6. The minimum atomic E-state index is -0.920. The van der Waals surface area contributed by atoms with Crippen LogP contribution in [0.15, 0.2) is 0 Å². The molecule has 1 heterocycles. The Morgan fingerprint density at radius 1 is 1.14 bits per heavy atom. The van der Waals surface area contributed by atoms with Gasteiger partial charge in [-0.25, -0.2) is 0 Å². The van der Waals surface area contributed by atoms with Crippen molar-refractivity contribution in [3.63, 3.8) is 0 Å². The van der Waals surface area contributed by atoms with E-state index in [-0.39, 0.29) is 24.8 Å². The Hall–Kier alpha value is -1.59. The molecule has 2 amide bonds. The van der Waals surface area contributed by atoms with E-state index < -0.39 is 11.4 Å². The predicted octanol–water partition coefficient (Wildman–Crippen LogP) is 1.10. The van der Waals surface area contributed by atoms with Gasteiger partial charge in [0, 0.05) is 26.6 Å². The van der Waals surface area contributed by atoms with Gasteiger partial charge in [0.2, 0.25) is 11.8 Å². The summed E-state index contributed by atoms with van der Waals surface area (Å²) in [6.07, 6.45) is 4.66. The molecule has 1 aliphatic heterocycles. The molecular weight excluding hydrogens is 272 g/mol. The van der Waals surface area contributed by atoms with Crippen molar-refractivity contribution in [2.24, 2.45) is 5.41 Å². The summed E-state index contributed by atoms with van der Waals surface area (Å²) in [5.41, 5.74) is -0.920. The third kappa shape index (κ3) is 3.54. The molecule has 0 bridgehead atoms. The van der Waals surface area contributed by atoms with Crippen LogP contribution in [-0.2, 0) is 14.4 Å². The number of amides is 2. The molecule has 1 saturated heterocycles. The van der Waals surface area contributed by atoms with Crippen LogP contribution in [0, 0.1) is 5.41 Å². The Labute approximate surface area is 125 Å². The average Bonchev–Trinajstić information content (AvgIpc) is 2.62. The molecule has 2 rings (SSSR count). The van der Waals surface area contributed by atoms with Crippen molar-refractivity contribution < 1.29 is 19.5 Å². The van der Waals surface area contributed by atoms with E-state index in [1.165, 1.54) is 4.90 Å². The van der Waals surface area contributed by atoms with Gasteiger partial charge in [-0.15, -0.1) is 0 Å². The van der Waals surface area contributed by atoms with Crippen LogP contribution in [0.25, 0.3) is 0 Å². The van der Waals surface area contributed by atoms with Crippen LogP contribution in [0.3, 0.4) is 0 Å². The van der Waals surface area contributed by atoms with Crippen molar-refractivity contribution in [3.05, 3.63) is 0 Å². The SMILES string of the molecule is CN1CCCN(C(=O)CC2(C(=O)O)CCCCC2)CC1=O. The van der Waals surface area contributed by atoms with Gasteiger partial charge in [0.1, 0.15) is 0 Å². The normalized spacial score (nSPS) is 22.8. The van der Waals surface area contributed by atoms with Gasteiger partial charge in [0.15, 0.2) is 0 Å². The van der Waals surface area contributed by atoms with Crippen molar-refractivity contribution in [2.45, 2.75) is 44.9 Å². The van der Waals surface area contributed by atoms with E-state index in [2.05, 4.69) is 0 Å². The third-order valence-corrected chi connectivity index (χ3v) is 4.78. The summed E-state index contributed by atoms with van der Waals surface area (Å²) in [5.74, 6) is -1.13. The molecule has 1 N–H and O–H groups in total. The first-order chi connectivity index (χ1) is 9.94. The summed E-state index contributed by atoms with van der Waals surface area (Å²) in [5, 5.41) is 9.54. The third-order valence-electron chi connectivity index (χ3n) is 4.78. The van der Waals surface area contributed by atoms with Crippen LogP contribution in [0.4, 0.5) is 0 Å². The highest BCUT2D eigenvalue weighted by Crippen LogP contribution is 2.40. The van der Waals surface area contributed by atoms with Gasteiger partial charge in [-0.2, -0.15) is 0 Å². The Kier molecular flexibility index (Phi) is 4.85. The molecule has 0 atom stereocenters. The minimum absolute atomic E-state index is 0.0271. The molecule has 2 aliphatic rings. The number of carbonyl (C=O) groups excluding carboxylic acids is 2. The van der Waals surface area contributed by atoms with Crippen LogP contribution in [0.1, 0.15) is 44.9 Å². The second-order valence-corrected chi connectivity index (χ2v) is 6.31. The van der Waals surface area contributed by atoms with Crippen molar-refractivity contribution in [1.29, 1.82) is 0 Å². The Bertz CT molecular complexity index is 429. The van der Waals surface area contributed by atoms with E-state index in [0.29, 0.717) is 25.9 Å². The lowest BCUT2D eigenvalue weighted by atomic mass is 9.71. The first-order valence-electron chi connectivity index (χ1n) is 7.70. The van der Waals surface area contributed by atoms with Gasteiger partial charge in [0.25, 0.3) is 0 Å². The molecule has 0 radical (unpaired) electrons. The van der Waals surface area contributed by atoms with Gasteiger partial charge in [-0.3, -0.25) is 14.4 Å². The maximum Gasteiger partial charge on any atom is 0.310 e. The molecule has 118 valence electrons. The number of carbonyl (C=O) groups is 3. The second-order valence-electron chi connectivity index (χ2n) is 6.31. The van der Waals surface area contributed by atoms with Crippen molar-refractivity contribution in [3.8, 4) is 0 Å². The van der Waals surface area contributed by atoms with Crippen LogP contribution in [-0.4, -0.2) is 59.4 Å². The minimum Gasteiger partial charge on any atom is -0.481 e. The van der Waals surface area contributed by atoms with Gasteiger partial charge >= 0.3 is 5.97 Å². The maximum absolute atomic E-state index is 12.5. The molecule has 6 nitrogen and oxygen atoms in total. The second kappa shape index (κ2) is 6.45. The summed E-state index contributed by atoms with van der Waals surface area (Å²) in [6.45, 7) is 1.25. The van der Waals surface area contributed by atoms with E-state index in [4.69, 9.17) is 0 Å². The largest absolute Gasteiger partial charge is 0.481 e. The molecular formula is C15H24N2O4. The molecule has 0 aromatic heterocycles. The molecule has 1 aliphatic carbocycles. The van der Waals surface area contributed by atoms with Crippen molar-refractivity contribution >= 4 is 17.8 Å². The lowest BCUT2D eigenvalue weighted by Crippen LogP contribution is -2.43. The predicted molar refractivity (Wildman–Crippen MR) is 76.6 cm³/mol. The van der Waals surface area contributed by atoms with Crippen LogP contribution < -0.4 is 0 Å². The number of likely N-dealkylation sites (N-methyl/N-ethyl adjacent to an activating group) is 1. The number of carboxylic acids is 1. The molecule has 2 fully saturated rings. The lowest BCUT2D eigenvalue weighted by molar-refractivity contribution is -0.156. The van der Waals surface area contributed by atoms with Crippen LogP contribution in [0.5, 0.6) is 0 Å². The highest BCUT2D eigenvalue weighted by Gasteiger charge is 2.42. The summed E-state index contributed by atoms with van der Waals surface area (Å²) in [7, 11) is 1.73. The Morgan fingerprint density at radius 3 is 2.43 bits per heavy atom. The van der Waals surface area contributed by atoms with E-state index in [9.17, 15) is 19.5 Å². The fourth-order valence-corrected chi connectivity index (χ4v) is 3.30. The monoisotopic (exact) mass is 296 g/mol. The van der Waals surface area contributed by atoms with Crippen molar-refractivity contribution in [1.82, 2.24) is 9.80 Å². The van der Waals surface area contributed by atoms with Crippen LogP contribution >= 0.6 is 0 Å². The van der Waals surface area contributed by atoms with Gasteiger partial charge in [-0.1, -0.05) is 19.3 Å². The number of carboxylic acid groups (broad SMARTS) is 1. The summed E-state index contributed by atoms with van der Waals surface area (Å²) in [4.78, 5) is 39.1. The molecule has 1 saturated carbocycles. The highest BCUT2D eigenvalue weighted by atomic mass is 16.4. The molecule has 0 aromatic rings. The number of hydrogen-bond donors (Lipinski definition) is 1. The zero-order valence-electron chi connectivity index (χ0n) is 12.6. The first kappa shape index (κ1) is 15.8. The molecule has 0 spiro atoms. The molecule has 0 unspecified atom stereocenters. The molecule has 21 heavy (non-hydrogen) atoms. The fourth-order valence-electron chi connectivity index (χ4n) is 3.30. The summed E-state index contributed by atoms with van der Waals surface area (Å²) < 4.78 is 0. The van der Waals surface area contributed by atoms with E-state index in [1.807, 2.05) is 0 Å². The quantitative estimate of drug-likeness (QED) is 0.846. The highest BCUT2D eigenvalue weighted by molar-refractivity contribution is 5.88. The number of aliphatic carboxylic acids is 1. The van der Waals surface area contributed by atoms with E-state index >= 15 is 0 Å². The standard InChI is InChI=1S/C15H24N2O4/c1-16-8-5-9-17(11-13(16)19)12(18)10-15(14(20)21)6-3-2-4-7-15/h2-11H2,1H3,(H,20,21). The van der Waals surface area contributed by atoms with Gasteiger partial charge < -0.3 is 14.9 Å². The van der Waals surface area contributed by atoms with Gasteiger partial charge in [0.05, 0.1) is 12.0 Å². The summed E-state index contributed by atoms with van der Waals surface area (Å²) in [6, 6.07) is 0. The first-order valence-corrected chi connectivity index (χ1v) is 7.70. The van der Waals surface area contributed by atoms with Crippen LogP contribution in [0.2, 0.25) is 0 Å². The number of hydrogen-bond acceptors (Lipinski definition) is 3. The topological polar surface area (TPSA) is 77.9 Å². The average molecular weight is 296 g/mol. The maximum atomic E-state index is 12.5. The van der Waals surface area contributed by atoms with E-state index in [1.54, 1.807) is 11.9 Å². The van der Waals surface area contributed by atoms with Gasteiger partial charge in [-0.05, 0) is 19.3 Å². The molecule has 0 aromatic carbocycles. The molecule has 6 heteroatoms. The Balaban J connectivity index is 2.04. The van der Waals surface area contributed by atoms with Crippen molar-refractivity contribution in [2.75, 3.05) is 26.7 Å². The Morgan fingerprint density at radius 2 is 1.81 bits per heavy atom. The lowest BCUT2D eigenvalue weighted by Gasteiger charge is -2.34. The summed E-state index contributed by atoms with van der Waals surface area (Å²) >= 11 is 0. The number of nitrogens with zero attached hydrogens (tertiary/aromatic N) is 2. The zero-order chi connectivity index (χ0) is 15.5. The van der Waals surface area contributed by atoms with E-state index in [0.717, 1.165) is 25.7 Å². The smallest absolute Gasteiger partial charge is 0.310 e. The fraction of sp³-hybridized carbons (Fsp3) is 0.800.